The fourth-order valence-electron chi connectivity index (χ4n) is 3.40. The average Bonchev–Trinajstić information content (AvgIpc) is 3.01. The van der Waals surface area contributed by atoms with Crippen molar-refractivity contribution in [2.45, 2.75) is 32.7 Å². The molecular formula is C19H27IN4O2. The van der Waals surface area contributed by atoms with Crippen LogP contribution in [0.5, 0.6) is 0 Å². The van der Waals surface area contributed by atoms with Crippen molar-refractivity contribution in [2.24, 2.45) is 16.6 Å². The van der Waals surface area contributed by atoms with Crippen molar-refractivity contribution in [2.75, 3.05) is 19.6 Å². The molecule has 7 heteroatoms. The third-order valence-corrected chi connectivity index (χ3v) is 4.50. The van der Waals surface area contributed by atoms with Gasteiger partial charge in [0.25, 0.3) is 0 Å². The maximum atomic E-state index is 11.2. The molecule has 1 unspecified atom stereocenters. The van der Waals surface area contributed by atoms with Crippen LogP contribution >= 0.6 is 24.0 Å². The maximum absolute atomic E-state index is 11.2. The van der Waals surface area contributed by atoms with Crippen molar-refractivity contribution >= 4 is 46.8 Å². The van der Waals surface area contributed by atoms with E-state index < -0.39 is 0 Å². The number of para-hydroxylation sites is 1. The highest BCUT2D eigenvalue weighted by Gasteiger charge is 2.23. The number of likely N-dealkylation sites (tertiary alicyclic amines) is 1. The zero-order chi connectivity index (χ0) is 17.6. The fourth-order valence-corrected chi connectivity index (χ4v) is 3.40. The van der Waals surface area contributed by atoms with Gasteiger partial charge < -0.3 is 20.4 Å². The van der Waals surface area contributed by atoms with E-state index in [4.69, 9.17) is 15.1 Å². The number of amides is 1. The van der Waals surface area contributed by atoms with Gasteiger partial charge in [0.15, 0.2) is 5.96 Å². The first-order valence-electron chi connectivity index (χ1n) is 8.94. The average molecular weight is 470 g/mol. The summed E-state index contributed by atoms with van der Waals surface area (Å²) < 4.78 is 5.84. The summed E-state index contributed by atoms with van der Waals surface area (Å²) in [5.74, 6) is 1.80. The second-order valence-corrected chi connectivity index (χ2v) is 6.55. The Kier molecular flexibility index (Phi) is 7.74. The third kappa shape index (κ3) is 5.36. The molecule has 1 atom stereocenters. The number of aliphatic imine (C=N–C) groups is 1. The SMILES string of the molecule is CCNC(=NCc1cc2ccccc2o1)N1CCCC(CC(N)=O)C1.I. The molecule has 1 aliphatic heterocycles. The third-order valence-electron chi connectivity index (χ3n) is 4.50. The number of piperidine rings is 1. The van der Waals surface area contributed by atoms with E-state index in [1.807, 2.05) is 30.3 Å². The molecule has 3 rings (SSSR count). The summed E-state index contributed by atoms with van der Waals surface area (Å²) in [6.07, 6.45) is 2.54. The summed E-state index contributed by atoms with van der Waals surface area (Å²) in [4.78, 5) is 18.2. The lowest BCUT2D eigenvalue weighted by Crippen LogP contribution is -2.47. The molecule has 0 spiro atoms. The number of primary amides is 1. The topological polar surface area (TPSA) is 83.9 Å². The molecular weight excluding hydrogens is 443 g/mol. The van der Waals surface area contributed by atoms with E-state index in [0.29, 0.717) is 18.9 Å². The van der Waals surface area contributed by atoms with E-state index in [2.05, 4.69) is 17.1 Å². The second kappa shape index (κ2) is 9.80. The molecule has 26 heavy (non-hydrogen) atoms. The van der Waals surface area contributed by atoms with Gasteiger partial charge in [-0.05, 0) is 37.8 Å². The van der Waals surface area contributed by atoms with Gasteiger partial charge in [0.2, 0.25) is 5.91 Å². The standard InChI is InChI=1S/C19H26N4O2.HI/c1-2-21-19(23-9-5-6-14(13-23)10-18(20)24)22-12-16-11-15-7-3-4-8-17(15)25-16;/h3-4,7-8,11,14H,2,5-6,9-10,12-13H2,1H3,(H2,20,24)(H,21,22);1H. The zero-order valence-corrected chi connectivity index (χ0v) is 17.4. The molecule has 1 aromatic heterocycles. The number of hydrogen-bond acceptors (Lipinski definition) is 3. The first-order valence-corrected chi connectivity index (χ1v) is 8.94. The van der Waals surface area contributed by atoms with Crippen LogP contribution in [0.3, 0.4) is 0 Å². The largest absolute Gasteiger partial charge is 0.459 e. The van der Waals surface area contributed by atoms with Crippen molar-refractivity contribution in [1.82, 2.24) is 10.2 Å². The van der Waals surface area contributed by atoms with Gasteiger partial charge in [-0.3, -0.25) is 4.79 Å². The van der Waals surface area contributed by atoms with Gasteiger partial charge >= 0.3 is 0 Å². The number of fused-ring (bicyclic) bond motifs is 1. The van der Waals surface area contributed by atoms with Crippen molar-refractivity contribution < 1.29 is 9.21 Å². The van der Waals surface area contributed by atoms with Crippen molar-refractivity contribution in [3.8, 4) is 0 Å². The van der Waals surface area contributed by atoms with E-state index in [1.165, 1.54) is 0 Å². The fraction of sp³-hybridized carbons (Fsp3) is 0.474. The minimum absolute atomic E-state index is 0. The number of rotatable bonds is 5. The van der Waals surface area contributed by atoms with Crippen LogP contribution in [0.1, 0.15) is 31.9 Å². The first-order chi connectivity index (χ1) is 12.2. The normalized spacial score (nSPS) is 17.8. The molecule has 6 nitrogen and oxygen atoms in total. The van der Waals surface area contributed by atoms with E-state index in [1.54, 1.807) is 0 Å². The number of guanidine groups is 1. The molecule has 3 N–H and O–H groups in total. The molecule has 2 aromatic rings. The summed E-state index contributed by atoms with van der Waals surface area (Å²) in [6.45, 7) is 5.11. The highest BCUT2D eigenvalue weighted by molar-refractivity contribution is 14.0. The summed E-state index contributed by atoms with van der Waals surface area (Å²) in [5.41, 5.74) is 6.25. The Bertz CT molecular complexity index is 726. The lowest BCUT2D eigenvalue weighted by molar-refractivity contribution is -0.119. The van der Waals surface area contributed by atoms with Gasteiger partial charge in [-0.2, -0.15) is 0 Å². The van der Waals surface area contributed by atoms with Gasteiger partial charge in [0.05, 0.1) is 0 Å². The van der Waals surface area contributed by atoms with Gasteiger partial charge in [-0.25, -0.2) is 4.99 Å². The molecule has 2 heterocycles. The molecule has 1 fully saturated rings. The number of benzene rings is 1. The Balaban J connectivity index is 0.00000243. The van der Waals surface area contributed by atoms with Gasteiger partial charge in [-0.1, -0.05) is 18.2 Å². The highest BCUT2D eigenvalue weighted by Crippen LogP contribution is 2.21. The number of nitrogens with zero attached hydrogens (tertiary/aromatic N) is 2. The maximum Gasteiger partial charge on any atom is 0.217 e. The quantitative estimate of drug-likeness (QED) is 0.400. The number of halogens is 1. The molecule has 1 aliphatic rings. The molecule has 0 saturated carbocycles. The smallest absolute Gasteiger partial charge is 0.217 e. The van der Waals surface area contributed by atoms with Crippen molar-refractivity contribution in [1.29, 1.82) is 0 Å². The lowest BCUT2D eigenvalue weighted by atomic mass is 9.95. The number of furan rings is 1. The molecule has 142 valence electrons. The molecule has 0 radical (unpaired) electrons. The number of carbonyl (C=O) groups excluding carboxylic acids is 1. The Labute approximate surface area is 171 Å². The summed E-state index contributed by atoms with van der Waals surface area (Å²) in [5, 5.41) is 4.44. The Hall–Kier alpha value is -1.77. The number of nitrogens with two attached hydrogens (primary N) is 1. The first kappa shape index (κ1) is 20.5. The van der Waals surface area contributed by atoms with Crippen LogP contribution in [0.4, 0.5) is 0 Å². The van der Waals surface area contributed by atoms with Crippen LogP contribution in [0, 0.1) is 5.92 Å². The Morgan fingerprint density at radius 3 is 2.96 bits per heavy atom. The predicted octanol–water partition coefficient (Wildman–Crippen LogP) is 3.10. The number of carbonyl (C=O) groups is 1. The number of hydrogen-bond donors (Lipinski definition) is 2. The second-order valence-electron chi connectivity index (χ2n) is 6.55. The van der Waals surface area contributed by atoms with E-state index >= 15 is 0 Å². The minimum Gasteiger partial charge on any atom is -0.459 e. The lowest BCUT2D eigenvalue weighted by Gasteiger charge is -2.34. The van der Waals surface area contributed by atoms with Crippen LogP contribution < -0.4 is 11.1 Å². The molecule has 1 saturated heterocycles. The highest BCUT2D eigenvalue weighted by atomic mass is 127. The van der Waals surface area contributed by atoms with E-state index in [0.717, 1.165) is 55.2 Å². The van der Waals surface area contributed by atoms with Gasteiger partial charge in [0.1, 0.15) is 17.9 Å². The summed E-state index contributed by atoms with van der Waals surface area (Å²) in [7, 11) is 0. The Morgan fingerprint density at radius 2 is 2.23 bits per heavy atom. The predicted molar refractivity (Wildman–Crippen MR) is 115 cm³/mol. The van der Waals surface area contributed by atoms with Gasteiger partial charge in [0, 0.05) is 31.4 Å². The Morgan fingerprint density at radius 1 is 1.42 bits per heavy atom. The van der Waals surface area contributed by atoms with Crippen molar-refractivity contribution in [3.05, 3.63) is 36.1 Å². The summed E-state index contributed by atoms with van der Waals surface area (Å²) >= 11 is 0. The van der Waals surface area contributed by atoms with E-state index in [-0.39, 0.29) is 29.9 Å². The molecule has 1 amide bonds. The van der Waals surface area contributed by atoms with Crippen LogP contribution in [0.2, 0.25) is 0 Å². The molecule has 0 bridgehead atoms. The van der Waals surface area contributed by atoms with Crippen LogP contribution in [-0.2, 0) is 11.3 Å². The monoisotopic (exact) mass is 470 g/mol. The molecule has 0 aliphatic carbocycles. The summed E-state index contributed by atoms with van der Waals surface area (Å²) in [6, 6.07) is 10.0. The van der Waals surface area contributed by atoms with Crippen LogP contribution in [-0.4, -0.2) is 36.4 Å². The molecule has 1 aromatic carbocycles. The van der Waals surface area contributed by atoms with Gasteiger partial charge in [-0.15, -0.1) is 24.0 Å². The van der Waals surface area contributed by atoms with Crippen LogP contribution in [0.25, 0.3) is 11.0 Å². The minimum atomic E-state index is -0.226. The number of nitrogens with one attached hydrogen (secondary N) is 1. The van der Waals surface area contributed by atoms with Crippen LogP contribution in [0.15, 0.2) is 39.7 Å². The van der Waals surface area contributed by atoms with Crippen molar-refractivity contribution in [3.63, 3.8) is 0 Å². The zero-order valence-electron chi connectivity index (χ0n) is 15.1. The van der Waals surface area contributed by atoms with E-state index in [9.17, 15) is 4.79 Å².